The highest BCUT2D eigenvalue weighted by Crippen LogP contribution is 2.21. The molecule has 92 valence electrons. The second kappa shape index (κ2) is 6.89. The van der Waals surface area contributed by atoms with Gasteiger partial charge in [-0.3, -0.25) is 4.90 Å². The molecule has 0 spiro atoms. The van der Waals surface area contributed by atoms with Gasteiger partial charge in [-0.05, 0) is 38.5 Å². The first kappa shape index (κ1) is 13.5. The van der Waals surface area contributed by atoms with Crippen LogP contribution in [-0.4, -0.2) is 25.0 Å². The average molecular weight is 236 g/mol. The van der Waals surface area contributed by atoms with Crippen molar-refractivity contribution in [3.63, 3.8) is 0 Å². The van der Waals surface area contributed by atoms with E-state index in [0.717, 1.165) is 13.0 Å². The Kier molecular flexibility index (Phi) is 5.46. The first-order chi connectivity index (χ1) is 8.16. The summed E-state index contributed by atoms with van der Waals surface area (Å²) in [6.07, 6.45) is 0.777. The summed E-state index contributed by atoms with van der Waals surface area (Å²) in [5.41, 5.74) is 8.84. The first-order valence-electron chi connectivity index (χ1n) is 5.62. The first-order valence-corrected chi connectivity index (χ1v) is 5.62. The van der Waals surface area contributed by atoms with E-state index in [1.165, 1.54) is 6.07 Å². The molecule has 0 aromatic heterocycles. The number of nitrogens with zero attached hydrogens (tertiary/aromatic N) is 4. The topological polar surface area (TPSA) is 52.0 Å². The predicted molar refractivity (Wildman–Crippen MR) is 66.1 cm³/mol. The van der Waals surface area contributed by atoms with E-state index in [9.17, 15) is 4.39 Å². The highest BCUT2D eigenvalue weighted by Gasteiger charge is 2.14. The van der Waals surface area contributed by atoms with Crippen molar-refractivity contribution in [2.75, 3.05) is 20.1 Å². The van der Waals surface area contributed by atoms with Crippen LogP contribution in [0.4, 0.5) is 4.39 Å². The molecule has 1 unspecified atom stereocenters. The number of halogens is 1. The van der Waals surface area contributed by atoms with Gasteiger partial charge in [0, 0.05) is 23.1 Å². The SMILES string of the molecule is CC(c1ccccc1F)N(C)CCCN=[N+]=[N-]. The van der Waals surface area contributed by atoms with Gasteiger partial charge in [0.05, 0.1) is 0 Å². The molecule has 1 atom stereocenters. The summed E-state index contributed by atoms with van der Waals surface area (Å²) < 4.78 is 13.6. The molecule has 0 fully saturated rings. The average Bonchev–Trinajstić information content (AvgIpc) is 2.34. The van der Waals surface area contributed by atoms with Gasteiger partial charge >= 0.3 is 0 Å². The highest BCUT2D eigenvalue weighted by atomic mass is 19.1. The number of hydrogen-bond donors (Lipinski definition) is 0. The van der Waals surface area contributed by atoms with E-state index in [1.807, 2.05) is 24.9 Å². The Morgan fingerprint density at radius 3 is 2.82 bits per heavy atom. The van der Waals surface area contributed by atoms with Crippen LogP contribution in [-0.2, 0) is 0 Å². The third-order valence-electron chi connectivity index (χ3n) is 2.85. The number of azide groups is 1. The Hall–Kier alpha value is -1.58. The Morgan fingerprint density at radius 2 is 2.18 bits per heavy atom. The lowest BCUT2D eigenvalue weighted by Gasteiger charge is -2.25. The van der Waals surface area contributed by atoms with Crippen LogP contribution >= 0.6 is 0 Å². The summed E-state index contributed by atoms with van der Waals surface area (Å²) >= 11 is 0. The summed E-state index contributed by atoms with van der Waals surface area (Å²) in [6.45, 7) is 3.21. The van der Waals surface area contributed by atoms with Crippen molar-refractivity contribution < 1.29 is 4.39 Å². The van der Waals surface area contributed by atoms with E-state index in [-0.39, 0.29) is 11.9 Å². The fourth-order valence-corrected chi connectivity index (χ4v) is 1.68. The largest absolute Gasteiger partial charge is 0.300 e. The molecule has 0 amide bonds. The maximum absolute atomic E-state index is 13.6. The molecule has 0 aliphatic rings. The molecule has 1 aromatic carbocycles. The lowest BCUT2D eigenvalue weighted by atomic mass is 10.1. The van der Waals surface area contributed by atoms with Crippen LogP contribution in [0.3, 0.4) is 0 Å². The zero-order chi connectivity index (χ0) is 12.7. The van der Waals surface area contributed by atoms with Crippen LogP contribution < -0.4 is 0 Å². The fraction of sp³-hybridized carbons (Fsp3) is 0.500. The maximum atomic E-state index is 13.6. The number of hydrogen-bond acceptors (Lipinski definition) is 2. The van der Waals surface area contributed by atoms with Gasteiger partial charge in [0.25, 0.3) is 0 Å². The molecule has 0 bridgehead atoms. The van der Waals surface area contributed by atoms with Gasteiger partial charge in [0.15, 0.2) is 0 Å². The normalized spacial score (nSPS) is 12.2. The monoisotopic (exact) mass is 236 g/mol. The molecule has 0 N–H and O–H groups in total. The molecule has 0 saturated heterocycles. The van der Waals surface area contributed by atoms with Crippen molar-refractivity contribution in [3.8, 4) is 0 Å². The standard InChI is InChI=1S/C12H17FN4/c1-10(11-6-3-4-7-12(11)13)17(2)9-5-8-15-16-14/h3-4,6-7,10H,5,8-9H2,1-2H3. The Morgan fingerprint density at radius 1 is 1.47 bits per heavy atom. The molecule has 5 heteroatoms. The van der Waals surface area contributed by atoms with Crippen molar-refractivity contribution >= 4 is 0 Å². The van der Waals surface area contributed by atoms with Gasteiger partial charge in [0.2, 0.25) is 0 Å². The molecule has 17 heavy (non-hydrogen) atoms. The zero-order valence-corrected chi connectivity index (χ0v) is 10.2. The van der Waals surface area contributed by atoms with Crippen molar-refractivity contribution in [3.05, 3.63) is 46.1 Å². The molecule has 0 saturated carbocycles. The van der Waals surface area contributed by atoms with E-state index >= 15 is 0 Å². The predicted octanol–water partition coefficient (Wildman–Crippen LogP) is 3.52. The minimum atomic E-state index is -0.179. The smallest absolute Gasteiger partial charge is 0.127 e. The Balaban J connectivity index is 2.54. The molecule has 1 rings (SSSR count). The number of benzene rings is 1. The van der Waals surface area contributed by atoms with Gasteiger partial charge < -0.3 is 0 Å². The van der Waals surface area contributed by atoms with Crippen molar-refractivity contribution in [1.29, 1.82) is 0 Å². The van der Waals surface area contributed by atoms with Crippen LogP contribution in [0.2, 0.25) is 0 Å². The minimum absolute atomic E-state index is 0.0160. The summed E-state index contributed by atoms with van der Waals surface area (Å²) in [4.78, 5) is 4.74. The molecule has 0 aliphatic carbocycles. The van der Waals surface area contributed by atoms with E-state index in [2.05, 4.69) is 10.0 Å². The van der Waals surface area contributed by atoms with Gasteiger partial charge in [0.1, 0.15) is 5.82 Å². The Labute approximate surface area is 101 Å². The summed E-state index contributed by atoms with van der Waals surface area (Å²) in [5.74, 6) is -0.179. The second-order valence-electron chi connectivity index (χ2n) is 3.99. The van der Waals surface area contributed by atoms with Gasteiger partial charge in [-0.2, -0.15) is 0 Å². The van der Waals surface area contributed by atoms with E-state index in [0.29, 0.717) is 12.1 Å². The van der Waals surface area contributed by atoms with Crippen LogP contribution in [0.25, 0.3) is 10.4 Å². The Bertz CT molecular complexity index is 401. The molecule has 0 radical (unpaired) electrons. The van der Waals surface area contributed by atoms with Crippen LogP contribution in [0.15, 0.2) is 29.4 Å². The molecule has 0 aliphatic heterocycles. The van der Waals surface area contributed by atoms with E-state index < -0.39 is 0 Å². The second-order valence-corrected chi connectivity index (χ2v) is 3.99. The molecular formula is C12H17FN4. The van der Waals surface area contributed by atoms with Crippen LogP contribution in [0.5, 0.6) is 0 Å². The highest BCUT2D eigenvalue weighted by molar-refractivity contribution is 5.20. The van der Waals surface area contributed by atoms with Gasteiger partial charge in [-0.15, -0.1) is 0 Å². The van der Waals surface area contributed by atoms with Crippen LogP contribution in [0, 0.1) is 5.82 Å². The fourth-order valence-electron chi connectivity index (χ4n) is 1.68. The summed E-state index contributed by atoms with van der Waals surface area (Å²) in [5, 5.41) is 3.47. The lowest BCUT2D eigenvalue weighted by molar-refractivity contribution is 0.254. The molecule has 1 aromatic rings. The quantitative estimate of drug-likeness (QED) is 0.322. The van der Waals surface area contributed by atoms with Crippen molar-refractivity contribution in [2.45, 2.75) is 19.4 Å². The van der Waals surface area contributed by atoms with Crippen molar-refractivity contribution in [2.24, 2.45) is 5.11 Å². The summed E-state index contributed by atoms with van der Waals surface area (Å²) in [7, 11) is 1.94. The minimum Gasteiger partial charge on any atom is -0.300 e. The lowest BCUT2D eigenvalue weighted by Crippen LogP contribution is -2.24. The van der Waals surface area contributed by atoms with E-state index in [4.69, 9.17) is 5.53 Å². The third-order valence-corrected chi connectivity index (χ3v) is 2.85. The van der Waals surface area contributed by atoms with Crippen molar-refractivity contribution in [1.82, 2.24) is 4.90 Å². The molecular weight excluding hydrogens is 219 g/mol. The third kappa shape index (κ3) is 4.06. The zero-order valence-electron chi connectivity index (χ0n) is 10.2. The molecule has 0 heterocycles. The molecule has 4 nitrogen and oxygen atoms in total. The van der Waals surface area contributed by atoms with Gasteiger partial charge in [-0.25, -0.2) is 4.39 Å². The number of rotatable bonds is 6. The maximum Gasteiger partial charge on any atom is 0.127 e. The van der Waals surface area contributed by atoms with Gasteiger partial charge in [-0.1, -0.05) is 23.3 Å². The summed E-state index contributed by atoms with van der Waals surface area (Å²) in [6, 6.07) is 6.81. The van der Waals surface area contributed by atoms with Crippen LogP contribution in [0.1, 0.15) is 24.9 Å². The van der Waals surface area contributed by atoms with E-state index in [1.54, 1.807) is 12.1 Å².